The van der Waals surface area contributed by atoms with Crippen molar-refractivity contribution in [3.63, 3.8) is 0 Å². The average molecular weight is 291 g/mol. The van der Waals surface area contributed by atoms with E-state index in [2.05, 4.69) is 10.3 Å². The third-order valence-electron chi connectivity index (χ3n) is 2.82. The number of carboxylic acid groups (broad SMARTS) is 1. The second-order valence-electron chi connectivity index (χ2n) is 4.22. The fourth-order valence-corrected chi connectivity index (χ4v) is 1.75. The lowest BCUT2D eigenvalue weighted by molar-refractivity contribution is -0.385. The van der Waals surface area contributed by atoms with E-state index in [9.17, 15) is 14.9 Å². The van der Waals surface area contributed by atoms with Crippen molar-refractivity contribution in [1.82, 2.24) is 4.98 Å². The molecule has 0 aliphatic rings. The minimum atomic E-state index is -1.35. The number of nitro groups is 1. The molecular formula is C13H13N3O5. The van der Waals surface area contributed by atoms with E-state index in [1.165, 1.54) is 12.1 Å². The van der Waals surface area contributed by atoms with Crippen LogP contribution in [0.25, 0.3) is 0 Å². The predicted molar refractivity (Wildman–Crippen MR) is 73.3 cm³/mol. The number of carboxylic acids is 1. The molecule has 8 nitrogen and oxygen atoms in total. The Kier molecular flexibility index (Phi) is 4.17. The minimum absolute atomic E-state index is 0.261. The molecule has 0 aliphatic carbocycles. The molecule has 2 N–H and O–H groups in total. The van der Waals surface area contributed by atoms with Crippen LogP contribution in [0.1, 0.15) is 28.9 Å². The zero-order valence-electron chi connectivity index (χ0n) is 11.2. The molecule has 2 aromatic rings. The summed E-state index contributed by atoms with van der Waals surface area (Å²) in [6.07, 6.45) is 2.35. The molecule has 1 aromatic carbocycles. The zero-order chi connectivity index (χ0) is 15.4. The van der Waals surface area contributed by atoms with Crippen molar-refractivity contribution in [1.29, 1.82) is 0 Å². The quantitative estimate of drug-likeness (QED) is 0.619. The molecule has 2 rings (SSSR count). The van der Waals surface area contributed by atoms with Gasteiger partial charge in [-0.1, -0.05) is 6.92 Å². The Labute approximate surface area is 119 Å². The van der Waals surface area contributed by atoms with Gasteiger partial charge in [0.15, 0.2) is 0 Å². The van der Waals surface area contributed by atoms with Crippen LogP contribution in [-0.2, 0) is 13.0 Å². The topological polar surface area (TPSA) is 118 Å². The third-order valence-corrected chi connectivity index (χ3v) is 2.82. The summed E-state index contributed by atoms with van der Waals surface area (Å²) in [7, 11) is 0. The lowest BCUT2D eigenvalue weighted by Crippen LogP contribution is -2.05. The van der Waals surface area contributed by atoms with Gasteiger partial charge in [-0.05, 0) is 12.1 Å². The summed E-state index contributed by atoms with van der Waals surface area (Å²) < 4.78 is 5.40. The van der Waals surface area contributed by atoms with Crippen LogP contribution in [0.3, 0.4) is 0 Å². The van der Waals surface area contributed by atoms with Crippen molar-refractivity contribution in [2.75, 3.05) is 5.32 Å². The van der Waals surface area contributed by atoms with Crippen molar-refractivity contribution >= 4 is 17.3 Å². The van der Waals surface area contributed by atoms with Crippen LogP contribution in [-0.4, -0.2) is 21.0 Å². The highest BCUT2D eigenvalue weighted by atomic mass is 16.6. The van der Waals surface area contributed by atoms with Gasteiger partial charge >= 0.3 is 5.97 Å². The number of rotatable bonds is 6. The van der Waals surface area contributed by atoms with Crippen molar-refractivity contribution in [2.45, 2.75) is 19.9 Å². The second kappa shape index (κ2) is 6.04. The van der Waals surface area contributed by atoms with Gasteiger partial charge < -0.3 is 14.8 Å². The summed E-state index contributed by atoms with van der Waals surface area (Å²) in [5, 5.41) is 22.7. The van der Waals surface area contributed by atoms with Gasteiger partial charge in [0.25, 0.3) is 5.69 Å². The van der Waals surface area contributed by atoms with Crippen LogP contribution in [0, 0.1) is 10.1 Å². The lowest BCUT2D eigenvalue weighted by Gasteiger charge is -2.05. The summed E-state index contributed by atoms with van der Waals surface area (Å²) in [4.78, 5) is 25.1. The predicted octanol–water partition coefficient (Wildman–Crippen LogP) is 2.46. The van der Waals surface area contributed by atoms with E-state index < -0.39 is 16.6 Å². The van der Waals surface area contributed by atoms with Crippen molar-refractivity contribution in [3.05, 3.63) is 51.7 Å². The maximum atomic E-state index is 11.0. The number of aromatic carboxylic acids is 1. The number of nitro benzene ring substituents is 1. The fourth-order valence-electron chi connectivity index (χ4n) is 1.75. The Morgan fingerprint density at radius 3 is 2.86 bits per heavy atom. The molecule has 1 aromatic heterocycles. The molecule has 0 atom stereocenters. The third kappa shape index (κ3) is 3.35. The van der Waals surface area contributed by atoms with E-state index in [0.717, 1.165) is 18.2 Å². The van der Waals surface area contributed by atoms with Gasteiger partial charge in [0, 0.05) is 18.2 Å². The van der Waals surface area contributed by atoms with Gasteiger partial charge in [-0.3, -0.25) is 10.1 Å². The van der Waals surface area contributed by atoms with E-state index in [1.54, 1.807) is 6.20 Å². The zero-order valence-corrected chi connectivity index (χ0v) is 11.2. The standard InChI is InChI=1S/C13H13N3O5/c1-2-9-6-15-12(21-9)7-14-8-3-4-11(16(19)20)10(5-8)13(17)18/h3-6,14H,2,7H2,1H3,(H,17,18). The molecular weight excluding hydrogens is 278 g/mol. The summed E-state index contributed by atoms with van der Waals surface area (Å²) in [5.74, 6) is -0.140. The number of aryl methyl sites for hydroxylation is 1. The minimum Gasteiger partial charge on any atom is -0.477 e. The van der Waals surface area contributed by atoms with Gasteiger partial charge in [0.05, 0.1) is 17.7 Å². The first kappa shape index (κ1) is 14.5. The number of anilines is 1. The molecule has 0 amide bonds. The van der Waals surface area contributed by atoms with E-state index in [1.807, 2.05) is 6.92 Å². The molecule has 0 fully saturated rings. The first-order chi connectivity index (χ1) is 10.0. The molecule has 21 heavy (non-hydrogen) atoms. The average Bonchev–Trinajstić information content (AvgIpc) is 2.92. The molecule has 0 radical (unpaired) electrons. The van der Waals surface area contributed by atoms with E-state index in [4.69, 9.17) is 9.52 Å². The largest absolute Gasteiger partial charge is 0.477 e. The highest BCUT2D eigenvalue weighted by molar-refractivity contribution is 5.93. The molecule has 8 heteroatoms. The van der Waals surface area contributed by atoms with Crippen molar-refractivity contribution < 1.29 is 19.2 Å². The lowest BCUT2D eigenvalue weighted by atomic mass is 10.1. The van der Waals surface area contributed by atoms with Gasteiger partial charge in [-0.2, -0.15) is 0 Å². The van der Waals surface area contributed by atoms with E-state index in [0.29, 0.717) is 11.6 Å². The van der Waals surface area contributed by atoms with Crippen LogP contribution < -0.4 is 5.32 Å². The van der Waals surface area contributed by atoms with Gasteiger partial charge in [-0.25, -0.2) is 9.78 Å². The Morgan fingerprint density at radius 2 is 2.29 bits per heavy atom. The molecule has 0 bridgehead atoms. The Morgan fingerprint density at radius 1 is 1.52 bits per heavy atom. The SMILES string of the molecule is CCc1cnc(CNc2ccc([N+](=O)[O-])c(C(=O)O)c2)o1. The van der Waals surface area contributed by atoms with E-state index >= 15 is 0 Å². The number of benzene rings is 1. The number of aromatic nitrogens is 1. The Bertz CT molecular complexity index is 680. The summed E-state index contributed by atoms with van der Waals surface area (Å²) >= 11 is 0. The van der Waals surface area contributed by atoms with Gasteiger partial charge in [-0.15, -0.1) is 0 Å². The van der Waals surface area contributed by atoms with Gasteiger partial charge in [0.2, 0.25) is 5.89 Å². The smallest absolute Gasteiger partial charge is 0.342 e. The number of hydrogen-bond acceptors (Lipinski definition) is 6. The maximum Gasteiger partial charge on any atom is 0.342 e. The summed E-state index contributed by atoms with van der Waals surface area (Å²) in [6.45, 7) is 2.20. The molecule has 0 saturated heterocycles. The van der Waals surface area contributed by atoms with Crippen LogP contribution in [0.2, 0.25) is 0 Å². The number of hydrogen-bond donors (Lipinski definition) is 2. The molecule has 110 valence electrons. The van der Waals surface area contributed by atoms with Crippen molar-refractivity contribution in [2.24, 2.45) is 0 Å². The highest BCUT2D eigenvalue weighted by Crippen LogP contribution is 2.23. The van der Waals surface area contributed by atoms with Gasteiger partial charge in [0.1, 0.15) is 11.3 Å². The number of carbonyl (C=O) groups is 1. The highest BCUT2D eigenvalue weighted by Gasteiger charge is 2.19. The number of oxazole rings is 1. The fraction of sp³-hybridized carbons (Fsp3) is 0.231. The maximum absolute atomic E-state index is 11.0. The molecule has 0 aliphatic heterocycles. The van der Waals surface area contributed by atoms with Crippen LogP contribution in [0.15, 0.2) is 28.8 Å². The number of nitrogens with one attached hydrogen (secondary N) is 1. The first-order valence-corrected chi connectivity index (χ1v) is 6.20. The number of nitrogens with zero attached hydrogens (tertiary/aromatic N) is 2. The van der Waals surface area contributed by atoms with Crippen LogP contribution in [0.4, 0.5) is 11.4 Å². The van der Waals surface area contributed by atoms with E-state index in [-0.39, 0.29) is 12.1 Å². The monoisotopic (exact) mass is 291 g/mol. The normalized spacial score (nSPS) is 10.3. The Balaban J connectivity index is 2.15. The van der Waals surface area contributed by atoms with Crippen LogP contribution >= 0.6 is 0 Å². The summed E-state index contributed by atoms with van der Waals surface area (Å²) in [5.41, 5.74) is -0.377. The second-order valence-corrected chi connectivity index (χ2v) is 4.22. The molecule has 0 unspecified atom stereocenters. The molecule has 0 spiro atoms. The molecule has 0 saturated carbocycles. The van der Waals surface area contributed by atoms with Crippen LogP contribution in [0.5, 0.6) is 0 Å². The van der Waals surface area contributed by atoms with Crippen molar-refractivity contribution in [3.8, 4) is 0 Å². The first-order valence-electron chi connectivity index (χ1n) is 6.20. The molecule has 1 heterocycles. The summed E-state index contributed by atoms with van der Waals surface area (Å²) in [6, 6.07) is 3.80. The Hall–Kier alpha value is -2.90.